The highest BCUT2D eigenvalue weighted by Gasteiger charge is 2.28. The van der Waals surface area contributed by atoms with Gasteiger partial charge in [0.05, 0.1) is 24.3 Å². The lowest BCUT2D eigenvalue weighted by atomic mass is 9.90. The van der Waals surface area contributed by atoms with Crippen LogP contribution in [0.3, 0.4) is 0 Å². The van der Waals surface area contributed by atoms with Gasteiger partial charge in [-0.2, -0.15) is 0 Å². The molecular weight excluding hydrogens is 514 g/mol. The number of methoxy groups -OCH3 is 1. The summed E-state index contributed by atoms with van der Waals surface area (Å²) in [6, 6.07) is 13.1. The van der Waals surface area contributed by atoms with Crippen LogP contribution in [0.15, 0.2) is 48.5 Å². The first-order valence-electron chi connectivity index (χ1n) is 12.8. The van der Waals surface area contributed by atoms with Crippen LogP contribution in [0.5, 0.6) is 11.5 Å². The standard InChI is InChI=1S/C30H31ClF2O5/c1-3-21-24(38-20-11-5-4-6-12-20)18-23(32)28(31)26(21)27-22(30(34)35-2)15-14-19(29(27)33)10-9-17-37-25-13-7-8-16-36-25/h4-6,11-12,14-15,18,25H,3,7-10,13,16-17H2,1-2H3. The number of rotatable bonds is 10. The summed E-state index contributed by atoms with van der Waals surface area (Å²) in [6.45, 7) is 2.91. The summed E-state index contributed by atoms with van der Waals surface area (Å²) in [4.78, 5) is 12.7. The van der Waals surface area contributed by atoms with Gasteiger partial charge in [-0.15, -0.1) is 0 Å². The fourth-order valence-electron chi connectivity index (χ4n) is 4.62. The molecule has 202 valence electrons. The number of carbonyl (C=O) groups excluding carboxylic acids is 1. The zero-order valence-electron chi connectivity index (χ0n) is 21.5. The lowest BCUT2D eigenvalue weighted by molar-refractivity contribution is -0.162. The average molecular weight is 545 g/mol. The Balaban J connectivity index is 1.72. The van der Waals surface area contributed by atoms with E-state index in [0.29, 0.717) is 49.4 Å². The van der Waals surface area contributed by atoms with Crippen LogP contribution in [0.4, 0.5) is 8.78 Å². The van der Waals surface area contributed by atoms with Gasteiger partial charge in [-0.3, -0.25) is 0 Å². The molecule has 0 amide bonds. The van der Waals surface area contributed by atoms with E-state index >= 15 is 8.78 Å². The van der Waals surface area contributed by atoms with Crippen molar-refractivity contribution in [3.8, 4) is 22.6 Å². The third-order valence-electron chi connectivity index (χ3n) is 6.52. The summed E-state index contributed by atoms with van der Waals surface area (Å²) >= 11 is 6.46. The third-order valence-corrected chi connectivity index (χ3v) is 6.89. The molecule has 8 heteroatoms. The minimum atomic E-state index is -0.786. The third kappa shape index (κ3) is 6.34. The van der Waals surface area contributed by atoms with Gasteiger partial charge in [0.1, 0.15) is 23.1 Å². The molecule has 1 atom stereocenters. The molecule has 0 saturated carbocycles. The quantitative estimate of drug-likeness (QED) is 0.192. The maximum Gasteiger partial charge on any atom is 0.338 e. The summed E-state index contributed by atoms with van der Waals surface area (Å²) in [6.07, 6.45) is 3.92. The number of hydrogen-bond donors (Lipinski definition) is 0. The van der Waals surface area contributed by atoms with E-state index in [2.05, 4.69) is 0 Å². The number of halogens is 3. The Bertz CT molecular complexity index is 1260. The predicted molar refractivity (Wildman–Crippen MR) is 142 cm³/mol. The summed E-state index contributed by atoms with van der Waals surface area (Å²) in [7, 11) is 1.21. The molecule has 0 aliphatic carbocycles. The van der Waals surface area contributed by atoms with E-state index in [4.69, 9.17) is 30.5 Å². The Morgan fingerprint density at radius 2 is 1.89 bits per heavy atom. The second-order valence-electron chi connectivity index (χ2n) is 9.02. The van der Waals surface area contributed by atoms with E-state index < -0.39 is 17.6 Å². The fraction of sp³-hybridized carbons (Fsp3) is 0.367. The molecule has 0 radical (unpaired) electrons. The molecule has 1 aliphatic heterocycles. The van der Waals surface area contributed by atoms with E-state index in [0.717, 1.165) is 19.3 Å². The molecular formula is C30H31ClF2O5. The van der Waals surface area contributed by atoms with Crippen molar-refractivity contribution in [2.45, 2.75) is 51.7 Å². The van der Waals surface area contributed by atoms with Gasteiger partial charge in [-0.25, -0.2) is 13.6 Å². The summed E-state index contributed by atoms with van der Waals surface area (Å²) in [5, 5.41) is -0.291. The zero-order valence-corrected chi connectivity index (χ0v) is 22.3. The van der Waals surface area contributed by atoms with Gasteiger partial charge in [0.2, 0.25) is 0 Å². The Labute approximate surface area is 226 Å². The average Bonchev–Trinajstić information content (AvgIpc) is 2.94. The summed E-state index contributed by atoms with van der Waals surface area (Å²) < 4.78 is 53.6. The Hall–Kier alpha value is -3.00. The number of aryl methyl sites for hydroxylation is 1. The molecule has 1 unspecified atom stereocenters. The Morgan fingerprint density at radius 3 is 2.58 bits per heavy atom. The van der Waals surface area contributed by atoms with Crippen LogP contribution in [0, 0.1) is 11.6 Å². The molecule has 0 aromatic heterocycles. The van der Waals surface area contributed by atoms with Gasteiger partial charge in [-0.05, 0) is 62.3 Å². The monoisotopic (exact) mass is 544 g/mol. The molecule has 38 heavy (non-hydrogen) atoms. The first-order valence-corrected chi connectivity index (χ1v) is 13.2. The topological polar surface area (TPSA) is 54.0 Å². The minimum absolute atomic E-state index is 0.0477. The second kappa shape index (κ2) is 13.2. The molecule has 0 N–H and O–H groups in total. The minimum Gasteiger partial charge on any atom is -0.465 e. The van der Waals surface area contributed by atoms with Gasteiger partial charge in [0.25, 0.3) is 0 Å². The molecule has 3 aromatic carbocycles. The largest absolute Gasteiger partial charge is 0.465 e. The van der Waals surface area contributed by atoms with Crippen molar-refractivity contribution in [3.63, 3.8) is 0 Å². The molecule has 1 saturated heterocycles. The number of benzene rings is 3. The van der Waals surface area contributed by atoms with Gasteiger partial charge in [0.15, 0.2) is 6.29 Å². The molecule has 1 fully saturated rings. The lowest BCUT2D eigenvalue weighted by Crippen LogP contribution is -2.22. The van der Waals surface area contributed by atoms with Crippen molar-refractivity contribution in [1.82, 2.24) is 0 Å². The first kappa shape index (κ1) is 28.0. The van der Waals surface area contributed by atoms with E-state index in [9.17, 15) is 4.79 Å². The van der Waals surface area contributed by atoms with E-state index in [1.54, 1.807) is 30.3 Å². The number of esters is 1. The first-order chi connectivity index (χ1) is 18.4. The van der Waals surface area contributed by atoms with Crippen LogP contribution in [0.1, 0.15) is 54.1 Å². The highest BCUT2D eigenvalue weighted by Crippen LogP contribution is 2.44. The summed E-state index contributed by atoms with van der Waals surface area (Å²) in [5.74, 6) is -1.52. The predicted octanol–water partition coefficient (Wildman–Crippen LogP) is 7.90. The second-order valence-corrected chi connectivity index (χ2v) is 9.39. The maximum absolute atomic E-state index is 16.2. The number of para-hydroxylation sites is 1. The zero-order chi connectivity index (χ0) is 27.1. The van der Waals surface area contributed by atoms with Gasteiger partial charge >= 0.3 is 5.97 Å². The van der Waals surface area contributed by atoms with Gasteiger partial charge in [0, 0.05) is 29.4 Å². The normalized spacial score (nSPS) is 15.3. The molecule has 0 spiro atoms. The Kier molecular flexibility index (Phi) is 9.72. The summed E-state index contributed by atoms with van der Waals surface area (Å²) in [5.41, 5.74) is 0.748. The van der Waals surface area contributed by atoms with E-state index in [1.165, 1.54) is 19.2 Å². The van der Waals surface area contributed by atoms with Crippen molar-refractivity contribution in [3.05, 3.63) is 81.9 Å². The smallest absolute Gasteiger partial charge is 0.338 e. The number of carbonyl (C=O) groups is 1. The Morgan fingerprint density at radius 1 is 1.11 bits per heavy atom. The van der Waals surface area contributed by atoms with Crippen LogP contribution in [0.2, 0.25) is 5.02 Å². The van der Waals surface area contributed by atoms with Crippen LogP contribution in [0.25, 0.3) is 11.1 Å². The number of hydrogen-bond acceptors (Lipinski definition) is 5. The maximum atomic E-state index is 16.2. The van der Waals surface area contributed by atoms with Crippen molar-refractivity contribution in [2.24, 2.45) is 0 Å². The van der Waals surface area contributed by atoms with E-state index in [-0.39, 0.29) is 33.8 Å². The lowest BCUT2D eigenvalue weighted by Gasteiger charge is -2.22. The van der Waals surface area contributed by atoms with Crippen LogP contribution in [-0.2, 0) is 27.1 Å². The molecule has 5 nitrogen and oxygen atoms in total. The van der Waals surface area contributed by atoms with Crippen LogP contribution >= 0.6 is 11.6 Å². The van der Waals surface area contributed by atoms with Gasteiger partial charge in [-0.1, -0.05) is 42.8 Å². The molecule has 1 heterocycles. The molecule has 4 rings (SSSR count). The fourth-order valence-corrected chi connectivity index (χ4v) is 4.88. The molecule has 3 aromatic rings. The highest BCUT2D eigenvalue weighted by molar-refractivity contribution is 6.34. The van der Waals surface area contributed by atoms with Gasteiger partial charge < -0.3 is 18.9 Å². The SMILES string of the molecule is CCc1c(Oc2ccccc2)cc(F)c(Cl)c1-c1c(C(=O)OC)ccc(CCCOC2CCCCO2)c1F. The highest BCUT2D eigenvalue weighted by atomic mass is 35.5. The van der Waals surface area contributed by atoms with Crippen molar-refractivity contribution < 1.29 is 32.5 Å². The van der Waals surface area contributed by atoms with Crippen LogP contribution in [-0.4, -0.2) is 32.6 Å². The van der Waals surface area contributed by atoms with E-state index in [1.807, 2.05) is 13.0 Å². The number of ether oxygens (including phenoxy) is 4. The van der Waals surface area contributed by atoms with Crippen molar-refractivity contribution in [2.75, 3.05) is 20.3 Å². The molecule has 1 aliphatic rings. The van der Waals surface area contributed by atoms with Crippen LogP contribution < -0.4 is 4.74 Å². The van der Waals surface area contributed by atoms with Crippen molar-refractivity contribution in [1.29, 1.82) is 0 Å². The van der Waals surface area contributed by atoms with Crippen molar-refractivity contribution >= 4 is 17.6 Å². The molecule has 0 bridgehead atoms.